The number of likely N-dealkylation sites (N-methyl/N-ethyl adjacent to an activating group) is 2. The average molecular weight is 821 g/mol. The first-order valence-electron chi connectivity index (χ1n) is 24.9. The van der Waals surface area contributed by atoms with E-state index in [1.165, 1.54) is 208 Å². The Morgan fingerprint density at radius 2 is 0.655 bits per heavy atom. The smallest absolute Gasteiger partial charge is 0.0110 e. The molecule has 1 aliphatic carbocycles. The third-order valence-corrected chi connectivity index (χ3v) is 13.8. The van der Waals surface area contributed by atoms with Gasteiger partial charge in [0, 0.05) is 26.2 Å². The number of hydrogen-bond acceptors (Lipinski definition) is 8. The Morgan fingerprint density at radius 1 is 0.345 bits per heavy atom. The topological polar surface area (TPSA) is 25.9 Å². The van der Waals surface area contributed by atoms with Gasteiger partial charge in [-0.1, -0.05) is 61.3 Å². The summed E-state index contributed by atoms with van der Waals surface area (Å²) in [5, 5.41) is 0. The van der Waals surface area contributed by atoms with Crippen LogP contribution in [-0.4, -0.2) is 200 Å². The SMILES string of the molecule is CC1CC(C)(C)C1.CC1CCN(C)CC1.CCN1CCN(C)CC1.CN1CCC(C)(C)CC1.CN1CCC1.CN1CCCC1.CN1CCCCC1.CN1CCCCC1. The monoisotopic (exact) mass is 821 g/mol. The molecule has 8 heteroatoms. The zero-order valence-electron chi connectivity index (χ0n) is 42.4. The highest BCUT2D eigenvalue weighted by atomic mass is 15.2. The van der Waals surface area contributed by atoms with Crippen molar-refractivity contribution in [1.82, 2.24) is 39.2 Å². The van der Waals surface area contributed by atoms with E-state index in [9.17, 15) is 0 Å². The Morgan fingerprint density at radius 3 is 0.862 bits per heavy atom. The number of likely N-dealkylation sites (tertiary alicyclic amines) is 6. The van der Waals surface area contributed by atoms with Gasteiger partial charge in [0.15, 0.2) is 0 Å². The average Bonchev–Trinajstić information content (AvgIpc) is 3.66. The molecular weight excluding hydrogens is 713 g/mol. The fourth-order valence-electron chi connectivity index (χ4n) is 8.81. The highest BCUT2D eigenvalue weighted by Gasteiger charge is 2.32. The number of piperidine rings is 4. The first-order chi connectivity index (χ1) is 27.4. The predicted octanol–water partition coefficient (Wildman–Crippen LogP) is 9.02. The zero-order chi connectivity index (χ0) is 43.4. The van der Waals surface area contributed by atoms with Crippen molar-refractivity contribution in [2.45, 2.75) is 145 Å². The third-order valence-electron chi connectivity index (χ3n) is 13.8. The Kier molecular flexibility index (Phi) is 31.1. The maximum absolute atomic E-state index is 2.49. The van der Waals surface area contributed by atoms with Crippen molar-refractivity contribution in [3.63, 3.8) is 0 Å². The molecule has 8 nitrogen and oxygen atoms in total. The van der Waals surface area contributed by atoms with E-state index in [4.69, 9.17) is 0 Å². The molecule has 7 heterocycles. The van der Waals surface area contributed by atoms with E-state index < -0.39 is 0 Å². The molecule has 8 fully saturated rings. The lowest BCUT2D eigenvalue weighted by Gasteiger charge is -2.40. The van der Waals surface area contributed by atoms with Crippen LogP contribution in [-0.2, 0) is 0 Å². The van der Waals surface area contributed by atoms with Crippen molar-refractivity contribution in [2.24, 2.45) is 22.7 Å². The summed E-state index contributed by atoms with van der Waals surface area (Å²) >= 11 is 0. The molecule has 0 aromatic heterocycles. The van der Waals surface area contributed by atoms with E-state index in [0.29, 0.717) is 10.8 Å². The molecule has 0 spiro atoms. The summed E-state index contributed by atoms with van der Waals surface area (Å²) in [5.41, 5.74) is 1.31. The van der Waals surface area contributed by atoms with Gasteiger partial charge in [-0.15, -0.1) is 0 Å². The van der Waals surface area contributed by atoms with E-state index in [0.717, 1.165) is 11.8 Å². The van der Waals surface area contributed by atoms with Gasteiger partial charge in [0.2, 0.25) is 0 Å². The summed E-state index contributed by atoms with van der Waals surface area (Å²) in [5.74, 6) is 1.99. The molecule has 58 heavy (non-hydrogen) atoms. The Hall–Kier alpha value is -0.320. The lowest BCUT2D eigenvalue weighted by Crippen LogP contribution is -2.44. The van der Waals surface area contributed by atoms with E-state index in [-0.39, 0.29) is 0 Å². The van der Waals surface area contributed by atoms with Gasteiger partial charge in [-0.2, -0.15) is 0 Å². The molecule has 348 valence electrons. The molecule has 0 N–H and O–H groups in total. The molecule has 0 amide bonds. The fourth-order valence-corrected chi connectivity index (χ4v) is 8.81. The molecule has 7 aliphatic heterocycles. The summed E-state index contributed by atoms with van der Waals surface area (Å²) in [7, 11) is 15.3. The summed E-state index contributed by atoms with van der Waals surface area (Å²) < 4.78 is 0. The largest absolute Gasteiger partial charge is 0.306 e. The van der Waals surface area contributed by atoms with Crippen molar-refractivity contribution in [3.05, 3.63) is 0 Å². The Balaban J connectivity index is 0.000000333. The molecule has 7 saturated heterocycles. The first-order valence-corrected chi connectivity index (χ1v) is 24.9. The molecule has 0 unspecified atom stereocenters. The lowest BCUT2D eigenvalue weighted by atomic mass is 9.65. The summed E-state index contributed by atoms with van der Waals surface area (Å²) in [6, 6.07) is 0. The van der Waals surface area contributed by atoms with Crippen LogP contribution in [0.5, 0.6) is 0 Å². The number of nitrogens with zero attached hydrogens (tertiary/aromatic N) is 8. The third kappa shape index (κ3) is 31.5. The highest BCUT2D eigenvalue weighted by molar-refractivity contribution is 4.83. The molecule has 1 saturated carbocycles. The second-order valence-corrected chi connectivity index (χ2v) is 21.8. The maximum atomic E-state index is 2.49. The van der Waals surface area contributed by atoms with Crippen LogP contribution >= 0.6 is 0 Å². The van der Waals surface area contributed by atoms with Crippen LogP contribution in [0.3, 0.4) is 0 Å². The van der Waals surface area contributed by atoms with Gasteiger partial charge in [-0.3, -0.25) is 0 Å². The van der Waals surface area contributed by atoms with Crippen molar-refractivity contribution < 1.29 is 0 Å². The molecule has 0 aromatic rings. The number of hydrogen-bond donors (Lipinski definition) is 0. The van der Waals surface area contributed by atoms with Gasteiger partial charge >= 0.3 is 0 Å². The first kappa shape index (κ1) is 55.7. The maximum Gasteiger partial charge on any atom is 0.0110 e. The molecule has 8 rings (SSSR count). The summed E-state index contributed by atoms with van der Waals surface area (Å²) in [6.45, 7) is 38.3. The Labute approximate surface area is 366 Å². The van der Waals surface area contributed by atoms with Crippen LogP contribution in [0.25, 0.3) is 0 Å². The zero-order valence-corrected chi connectivity index (χ0v) is 42.4. The van der Waals surface area contributed by atoms with Gasteiger partial charge in [0.05, 0.1) is 0 Å². The highest BCUT2D eigenvalue weighted by Crippen LogP contribution is 2.44. The van der Waals surface area contributed by atoms with Crippen molar-refractivity contribution in [1.29, 1.82) is 0 Å². The fraction of sp³-hybridized carbons (Fsp3) is 1.00. The molecule has 0 radical (unpaired) electrons. The van der Waals surface area contributed by atoms with Crippen molar-refractivity contribution in [3.8, 4) is 0 Å². The van der Waals surface area contributed by atoms with Gasteiger partial charge in [0.1, 0.15) is 0 Å². The van der Waals surface area contributed by atoms with Crippen LogP contribution in [0.15, 0.2) is 0 Å². The van der Waals surface area contributed by atoms with E-state index in [1.807, 2.05) is 0 Å². The number of piperazine rings is 1. The minimum atomic E-state index is 0.618. The lowest BCUT2D eigenvalue weighted by molar-refractivity contribution is 0.111. The van der Waals surface area contributed by atoms with Crippen LogP contribution in [0.2, 0.25) is 0 Å². The van der Waals surface area contributed by atoms with E-state index in [2.05, 4.69) is 137 Å². The van der Waals surface area contributed by atoms with Crippen molar-refractivity contribution >= 4 is 0 Å². The van der Waals surface area contributed by atoms with Gasteiger partial charge < -0.3 is 39.2 Å². The van der Waals surface area contributed by atoms with E-state index in [1.54, 1.807) is 0 Å². The second kappa shape index (κ2) is 32.4. The van der Waals surface area contributed by atoms with Crippen LogP contribution in [0.4, 0.5) is 0 Å². The normalized spacial score (nSPS) is 26.4. The molecule has 8 aliphatic rings. The Bertz CT molecular complexity index is 863. The van der Waals surface area contributed by atoms with E-state index >= 15 is 0 Å². The standard InChI is InChI=1S/C8H17N.C7H16N2.C7H15N.C7H14.2C6H13N.C5H11N.C4H9N/c1-8(2)4-6-9(3)7-5-8;1-3-9-6-4-8(2)5-7-9;1-7-3-5-8(2)6-4-7;1-6-4-7(2,3)5-6;2*1-7-5-3-2-4-6-7;1-6-4-2-3-5-6;1-5-3-2-4-5/h4-7H2,1-3H3;3-7H2,1-2H3;7H,3-6H2,1-2H3;6H,4-5H2,1-3H3;2*2-6H2,1H3;2-5H2,1H3;2-4H2,1H3. The molecule has 0 bridgehead atoms. The van der Waals surface area contributed by atoms with Crippen LogP contribution in [0.1, 0.15) is 145 Å². The molecule has 0 atom stereocenters. The minimum Gasteiger partial charge on any atom is -0.306 e. The van der Waals surface area contributed by atoms with Gasteiger partial charge in [-0.25, -0.2) is 0 Å². The quantitative estimate of drug-likeness (QED) is 0.259. The number of rotatable bonds is 1. The van der Waals surface area contributed by atoms with Gasteiger partial charge in [-0.05, 0) is 241 Å². The minimum absolute atomic E-state index is 0.618. The molecule has 0 aromatic carbocycles. The second-order valence-electron chi connectivity index (χ2n) is 21.8. The summed E-state index contributed by atoms with van der Waals surface area (Å²) in [4.78, 5) is 19.1. The summed E-state index contributed by atoms with van der Waals surface area (Å²) in [6.07, 6.45) is 21.2. The predicted molar refractivity (Wildman–Crippen MR) is 260 cm³/mol. The van der Waals surface area contributed by atoms with Crippen LogP contribution < -0.4 is 0 Å². The van der Waals surface area contributed by atoms with Crippen molar-refractivity contribution in [2.75, 3.05) is 161 Å². The van der Waals surface area contributed by atoms with Crippen LogP contribution in [0, 0.1) is 22.7 Å². The van der Waals surface area contributed by atoms with Gasteiger partial charge in [0.25, 0.3) is 0 Å². The molecular formula is C50H108N8.